The fraction of sp³-hybridized carbons (Fsp3) is 0.568. The molecular formula is C37H46N6O8S. The summed E-state index contributed by atoms with van der Waals surface area (Å²) in [5.74, 6) is -2.51. The predicted octanol–water partition coefficient (Wildman–Crippen LogP) is 2.38. The number of para-hydroxylation sites is 1. The fourth-order valence-corrected chi connectivity index (χ4v) is 8.90. The highest BCUT2D eigenvalue weighted by Gasteiger charge is 2.62. The van der Waals surface area contributed by atoms with E-state index < -0.39 is 68.5 Å². The molecule has 2 saturated carbocycles. The van der Waals surface area contributed by atoms with Gasteiger partial charge in [0.1, 0.15) is 34.6 Å². The first-order chi connectivity index (χ1) is 25.0. The summed E-state index contributed by atoms with van der Waals surface area (Å²) < 4.78 is 33.8. The normalized spacial score (nSPS) is 29.9. The summed E-state index contributed by atoms with van der Waals surface area (Å²) in [5, 5.41) is 8.91. The number of allylic oxidation sites excluding steroid dienone is 1. The number of fused-ring (bicyclic) bond motifs is 4. The van der Waals surface area contributed by atoms with Crippen molar-refractivity contribution in [2.24, 2.45) is 5.92 Å². The van der Waals surface area contributed by atoms with Crippen molar-refractivity contribution in [3.8, 4) is 5.75 Å². The van der Waals surface area contributed by atoms with Crippen molar-refractivity contribution in [1.82, 2.24) is 30.6 Å². The minimum atomic E-state index is -3.89. The third kappa shape index (κ3) is 7.79. The van der Waals surface area contributed by atoms with Gasteiger partial charge in [-0.1, -0.05) is 43.2 Å². The second kappa shape index (κ2) is 14.8. The number of amides is 5. The maximum Gasteiger partial charge on any atom is 0.270 e. The van der Waals surface area contributed by atoms with Crippen molar-refractivity contribution in [3.63, 3.8) is 0 Å². The quantitative estimate of drug-likeness (QED) is 0.343. The van der Waals surface area contributed by atoms with Crippen molar-refractivity contribution >= 4 is 50.5 Å². The Hall–Kier alpha value is -4.53. The standard InChI is InChI=1S/C37H46N6O8S/c44-31-14-7-4-8-19-51-30-13-9-10-23-15-18-27(40-32(23)30)33(45)38-25-20-29-34(46)41-37(36(48)42-52(49,50)26-16-17-26)21-24(37)11-5-2-1-3-6-12-28(39-31)35(47)43(29)22-25/h5,9-11,13,15,18,24-26,28-29H,1-4,6-8,12,14,16-17,19-22H2,(H,38,45)(H,39,44)(H,41,46)(H,42,48)/b11-5-/t24-,25-,28+,29+,37-/m1/s1. The molecule has 5 aliphatic rings. The molecule has 2 aliphatic carbocycles. The van der Waals surface area contributed by atoms with Crippen LogP contribution < -0.4 is 25.4 Å². The van der Waals surface area contributed by atoms with Crippen molar-refractivity contribution in [2.45, 2.75) is 112 Å². The zero-order valence-electron chi connectivity index (χ0n) is 29.1. The Kier molecular flexibility index (Phi) is 10.2. The first kappa shape index (κ1) is 35.9. The summed E-state index contributed by atoms with van der Waals surface area (Å²) in [6.45, 7) is 0.394. The number of pyridine rings is 1. The van der Waals surface area contributed by atoms with Crippen LogP contribution in [0.25, 0.3) is 10.9 Å². The summed E-state index contributed by atoms with van der Waals surface area (Å²) in [6, 6.07) is 6.27. The average molecular weight is 735 g/mol. The van der Waals surface area contributed by atoms with Crippen molar-refractivity contribution in [2.75, 3.05) is 13.2 Å². The van der Waals surface area contributed by atoms with Crippen LogP contribution >= 0.6 is 0 Å². The molecule has 5 amide bonds. The fourth-order valence-electron chi connectivity index (χ4n) is 7.54. The van der Waals surface area contributed by atoms with Crippen LogP contribution in [-0.4, -0.2) is 89.9 Å². The van der Waals surface area contributed by atoms with Crippen LogP contribution in [0.3, 0.4) is 0 Å². The van der Waals surface area contributed by atoms with E-state index >= 15 is 0 Å². The summed E-state index contributed by atoms with van der Waals surface area (Å²) >= 11 is 0. The molecule has 0 unspecified atom stereocenters. The number of nitrogens with zero attached hydrogens (tertiary/aromatic N) is 2. The Morgan fingerprint density at radius 1 is 0.962 bits per heavy atom. The third-order valence-corrected chi connectivity index (χ3v) is 12.6. The number of carbonyl (C=O) groups excluding carboxylic acids is 5. The largest absolute Gasteiger partial charge is 0.491 e. The van der Waals surface area contributed by atoms with Gasteiger partial charge in [0.15, 0.2) is 0 Å². The molecule has 5 bridgehead atoms. The number of rotatable bonds is 3. The van der Waals surface area contributed by atoms with Crippen molar-refractivity contribution < 1.29 is 37.1 Å². The number of benzene rings is 1. The molecule has 5 atom stereocenters. The van der Waals surface area contributed by atoms with E-state index in [2.05, 4.69) is 25.7 Å². The Bertz CT molecular complexity index is 1900. The molecule has 7 rings (SSSR count). The maximum atomic E-state index is 14.4. The van der Waals surface area contributed by atoms with E-state index in [9.17, 15) is 32.4 Å². The summed E-state index contributed by atoms with van der Waals surface area (Å²) in [7, 11) is -3.89. The highest BCUT2D eigenvalue weighted by atomic mass is 32.2. The van der Waals surface area contributed by atoms with Crippen molar-refractivity contribution in [3.05, 3.63) is 48.2 Å². The summed E-state index contributed by atoms with van der Waals surface area (Å²) in [4.78, 5) is 75.1. The highest BCUT2D eigenvalue weighted by Crippen LogP contribution is 2.46. The zero-order chi connectivity index (χ0) is 36.5. The maximum absolute atomic E-state index is 14.4. The average Bonchev–Trinajstić information content (AvgIpc) is 4.04. The number of hydrogen-bond donors (Lipinski definition) is 4. The molecule has 0 spiro atoms. The van der Waals surface area contributed by atoms with Gasteiger partial charge < -0.3 is 25.6 Å². The molecule has 14 nitrogen and oxygen atoms in total. The summed E-state index contributed by atoms with van der Waals surface area (Å²) in [6.07, 6.45) is 10.6. The van der Waals surface area contributed by atoms with Gasteiger partial charge in [-0.3, -0.25) is 28.7 Å². The van der Waals surface area contributed by atoms with Gasteiger partial charge >= 0.3 is 0 Å². The number of aromatic nitrogens is 1. The van der Waals surface area contributed by atoms with E-state index in [1.165, 1.54) is 4.90 Å². The van der Waals surface area contributed by atoms with Gasteiger partial charge in [0.2, 0.25) is 27.7 Å². The minimum Gasteiger partial charge on any atom is -0.491 e. The van der Waals surface area contributed by atoms with Crippen LogP contribution in [0.4, 0.5) is 0 Å². The number of sulfonamides is 1. The van der Waals surface area contributed by atoms with Gasteiger partial charge in [-0.15, -0.1) is 0 Å². The molecule has 3 fully saturated rings. The van der Waals surface area contributed by atoms with Gasteiger partial charge in [-0.2, -0.15) is 0 Å². The third-order valence-electron chi connectivity index (χ3n) is 10.8. The van der Waals surface area contributed by atoms with Gasteiger partial charge in [-0.05, 0) is 76.3 Å². The number of ether oxygens (including phenoxy) is 1. The lowest BCUT2D eigenvalue weighted by Gasteiger charge is -2.30. The number of nitrogens with one attached hydrogen (secondary N) is 4. The highest BCUT2D eigenvalue weighted by molar-refractivity contribution is 7.91. The van der Waals surface area contributed by atoms with E-state index in [1.54, 1.807) is 18.2 Å². The van der Waals surface area contributed by atoms with Crippen LogP contribution in [0.2, 0.25) is 0 Å². The van der Waals surface area contributed by atoms with E-state index in [4.69, 9.17) is 4.74 Å². The van der Waals surface area contributed by atoms with Crippen LogP contribution in [0.1, 0.15) is 94.0 Å². The second-order valence-electron chi connectivity index (χ2n) is 14.7. The summed E-state index contributed by atoms with van der Waals surface area (Å²) in [5.41, 5.74) is -0.824. The lowest BCUT2D eigenvalue weighted by molar-refractivity contribution is -0.142. The Morgan fingerprint density at radius 2 is 1.79 bits per heavy atom. The zero-order valence-corrected chi connectivity index (χ0v) is 29.9. The molecule has 278 valence electrons. The Morgan fingerprint density at radius 3 is 2.62 bits per heavy atom. The topological polar surface area (TPSA) is 193 Å². The molecule has 1 aromatic heterocycles. The second-order valence-corrected chi connectivity index (χ2v) is 16.7. The molecule has 1 saturated heterocycles. The molecule has 52 heavy (non-hydrogen) atoms. The number of carbonyl (C=O) groups is 5. The van der Waals surface area contributed by atoms with Gasteiger partial charge in [0, 0.05) is 30.3 Å². The van der Waals surface area contributed by atoms with Gasteiger partial charge in [-0.25, -0.2) is 13.4 Å². The molecule has 4 heterocycles. The molecule has 2 aromatic rings. The molecule has 4 N–H and O–H groups in total. The van der Waals surface area contributed by atoms with Gasteiger partial charge in [0.25, 0.3) is 11.8 Å². The molecule has 3 aliphatic heterocycles. The van der Waals surface area contributed by atoms with Crippen LogP contribution in [0.5, 0.6) is 5.75 Å². The minimum absolute atomic E-state index is 0.0183. The monoisotopic (exact) mass is 734 g/mol. The van der Waals surface area contributed by atoms with Crippen molar-refractivity contribution in [1.29, 1.82) is 0 Å². The van der Waals surface area contributed by atoms with E-state index in [1.807, 2.05) is 24.3 Å². The Labute approximate surface area is 302 Å². The predicted molar refractivity (Wildman–Crippen MR) is 190 cm³/mol. The van der Waals surface area contributed by atoms with E-state index in [0.717, 1.165) is 24.6 Å². The van der Waals surface area contributed by atoms with Crippen LogP contribution in [0.15, 0.2) is 42.5 Å². The molecule has 1 aromatic carbocycles. The van der Waals surface area contributed by atoms with Crippen LogP contribution in [0, 0.1) is 5.92 Å². The van der Waals surface area contributed by atoms with E-state index in [0.29, 0.717) is 62.8 Å². The molecule has 15 heteroatoms. The number of hydrogen-bond acceptors (Lipinski definition) is 9. The van der Waals surface area contributed by atoms with Gasteiger partial charge in [0.05, 0.1) is 11.9 Å². The Balaban J connectivity index is 1.20. The lowest BCUT2D eigenvalue weighted by atomic mass is 10.0. The molecular weight excluding hydrogens is 689 g/mol. The lowest BCUT2D eigenvalue weighted by Crippen LogP contribution is -2.58. The first-order valence-corrected chi connectivity index (χ1v) is 20.1. The smallest absolute Gasteiger partial charge is 0.270 e. The SMILES string of the molecule is O=C1CCCCCOc2cccc3ccc(nc23)C(=O)N[C@@H]2C[C@H]3C(=O)N[C@]4(C(=O)NS(=O)(=O)C5CC5)C[C@H]4/C=C\CCCCC[C@H](N1)C(=O)N3C2. The van der Waals surface area contributed by atoms with E-state index in [-0.39, 0.29) is 37.4 Å². The first-order valence-electron chi connectivity index (χ1n) is 18.5. The van der Waals surface area contributed by atoms with Crippen LogP contribution in [-0.2, 0) is 29.2 Å². The molecule has 0 radical (unpaired) electrons.